The van der Waals surface area contributed by atoms with E-state index in [1.54, 1.807) is 54.6 Å². The summed E-state index contributed by atoms with van der Waals surface area (Å²) in [5.41, 5.74) is 25.0. The second-order valence-corrected chi connectivity index (χ2v) is 33.3. The number of amides is 12. The number of nitrogens with zero attached hydrogens (tertiary/aromatic N) is 1. The number of aromatic amines is 1. The topological polar surface area (TPSA) is 697 Å². The first-order valence-electron chi connectivity index (χ1n) is 44.6. The standard InChI is InChI=1S/C97H109N19O23S/c1-52(106-89(128)74(39-54-21-26-62(117)27-22-54)114-93(132)82(56-16-6-3-7-17-56)116-85(124)57-41-58(94(133)134)43-59(42-57)95(135)136)84(123)110-72(20-9-12-36-99)88(127)112-75(40-55-23-28-63(118)29-24-55)90(129)111-73(38-53-14-4-2-5-15-53)86(125)104-50-80(121)108-71(19-8-11-35-98)87(126)113-76(45-61-49-102-51-105-61)91(130)115-77(48-100)92(131)109-70(83(101)122)18-10-13-37-103-97(140)107-60-25-32-66(69(44-60)96(137)138)81-67-33-30-64(119)46-78(67)139-79-47-65(120)31-34-68(79)81/h2-7,14-17,21-34,41-44,46-47,49,51-52,70-77,82,117-119H,8-13,18-20,35-40,45,48,50,98-100H2,1H3,(H2,101,122)(H,102,105)(H,104,125)(H,106,128)(H,108,121)(H,109,131)(H,110,123)(H,111,129)(H,112,127)(H,113,126)(H,114,132)(H,115,130)(H,116,124)(H,133,134)(H,135,136)(H,137,138)(H2,103,107,140)/t52-,70+,71-,72+,73-,74+,75+,76+,77+,82+/m1/s1. The lowest BCUT2D eigenvalue weighted by Gasteiger charge is -2.27. The Balaban J connectivity index is 0.769. The van der Waals surface area contributed by atoms with Crippen molar-refractivity contribution in [1.82, 2.24) is 73.8 Å². The fraction of sp³-hybridized carbons (Fsp3) is 0.299. The Bertz CT molecular complexity index is 6120. The molecule has 2 heterocycles. The van der Waals surface area contributed by atoms with Crippen molar-refractivity contribution in [2.45, 2.75) is 151 Å². The molecule has 0 bridgehead atoms. The van der Waals surface area contributed by atoms with Crippen LogP contribution in [0.3, 0.4) is 0 Å². The number of fused-ring (bicyclic) bond motifs is 2. The molecule has 736 valence electrons. The van der Waals surface area contributed by atoms with Crippen LogP contribution < -0.4 is 97.5 Å². The average Bonchev–Trinajstić information content (AvgIpc) is 0.808. The molecule has 28 N–H and O–H groups in total. The minimum absolute atomic E-state index is 0.00273. The van der Waals surface area contributed by atoms with Gasteiger partial charge in [0.1, 0.15) is 89.0 Å². The number of hydrogen-bond donors (Lipinski definition) is 24. The molecule has 0 fully saturated rings. The van der Waals surface area contributed by atoms with Crippen molar-refractivity contribution in [3.8, 4) is 39.7 Å². The highest BCUT2D eigenvalue weighted by molar-refractivity contribution is 7.80. The van der Waals surface area contributed by atoms with E-state index in [4.69, 9.17) is 39.6 Å². The lowest BCUT2D eigenvalue weighted by atomic mass is 9.90. The highest BCUT2D eigenvalue weighted by Crippen LogP contribution is 2.43. The molecule has 7 aromatic carbocycles. The molecule has 1 aromatic heterocycles. The third kappa shape index (κ3) is 31.0. The minimum atomic E-state index is -1.64. The van der Waals surface area contributed by atoms with Gasteiger partial charge in [-0.2, -0.15) is 0 Å². The van der Waals surface area contributed by atoms with Gasteiger partial charge in [-0.05, 0) is 197 Å². The quantitative estimate of drug-likeness (QED) is 0.0148. The normalized spacial score (nSPS) is 13.2. The van der Waals surface area contributed by atoms with Crippen molar-refractivity contribution in [2.24, 2.45) is 22.9 Å². The molecule has 1 aliphatic carbocycles. The number of aromatic hydroxyl groups is 3. The number of carbonyl (C=O) groups is 15. The molecule has 10 rings (SSSR count). The summed E-state index contributed by atoms with van der Waals surface area (Å²) in [6.07, 6.45) is 3.17. The Hall–Kier alpha value is -16.5. The number of nitrogens with one attached hydrogen (secondary N) is 14. The van der Waals surface area contributed by atoms with Crippen LogP contribution in [-0.2, 0) is 78.4 Å². The van der Waals surface area contributed by atoms with E-state index in [1.165, 1.54) is 129 Å². The summed E-state index contributed by atoms with van der Waals surface area (Å²) < 4.78 is 5.93. The van der Waals surface area contributed by atoms with Gasteiger partial charge in [-0.25, -0.2) is 19.4 Å². The number of carboxylic acids is 3. The van der Waals surface area contributed by atoms with Crippen molar-refractivity contribution < 1.29 is 107 Å². The van der Waals surface area contributed by atoms with Gasteiger partial charge in [0.15, 0.2) is 10.5 Å². The van der Waals surface area contributed by atoms with E-state index in [-0.39, 0.29) is 140 Å². The number of anilines is 1. The average molecular weight is 1940 g/mol. The van der Waals surface area contributed by atoms with E-state index in [1.807, 2.05) is 0 Å². The maximum absolute atomic E-state index is 15.0. The maximum atomic E-state index is 15.0. The number of thiocarbonyl (C=S) groups is 1. The predicted octanol–water partition coefficient (Wildman–Crippen LogP) is 2.30. The number of H-pyrrole nitrogens is 1. The van der Waals surface area contributed by atoms with Crippen molar-refractivity contribution >= 4 is 123 Å². The molecule has 140 heavy (non-hydrogen) atoms. The van der Waals surface area contributed by atoms with Crippen LogP contribution in [0.25, 0.3) is 33.4 Å². The second kappa shape index (κ2) is 51.4. The third-order valence-corrected chi connectivity index (χ3v) is 22.7. The van der Waals surface area contributed by atoms with Crippen LogP contribution in [0, 0.1) is 0 Å². The molecule has 42 nitrogen and oxygen atoms in total. The number of hydrogen-bond acceptors (Lipinski definition) is 25. The largest absolute Gasteiger partial charge is 0.508 e. The van der Waals surface area contributed by atoms with Gasteiger partial charge in [-0.15, -0.1) is 0 Å². The number of rotatable bonds is 51. The number of carbonyl (C=O) groups excluding carboxylic acids is 12. The maximum Gasteiger partial charge on any atom is 0.336 e. The molecule has 12 amide bonds. The van der Waals surface area contributed by atoms with E-state index in [2.05, 4.69) is 79.1 Å². The first-order chi connectivity index (χ1) is 67.0. The summed E-state index contributed by atoms with van der Waals surface area (Å²) >= 11 is 5.54. The fourth-order valence-electron chi connectivity index (χ4n) is 15.1. The molecule has 0 spiro atoms. The number of nitrogens with two attached hydrogens (primary N) is 4. The fourth-order valence-corrected chi connectivity index (χ4v) is 15.3. The number of aromatic carboxylic acids is 3. The Morgan fingerprint density at radius 3 is 1.49 bits per heavy atom. The Morgan fingerprint density at radius 1 is 0.443 bits per heavy atom. The number of phenols is 3. The van der Waals surface area contributed by atoms with E-state index in [0.29, 0.717) is 63.8 Å². The van der Waals surface area contributed by atoms with Crippen LogP contribution in [0.5, 0.6) is 17.2 Å². The number of benzene rings is 8. The minimum Gasteiger partial charge on any atom is -0.508 e. The number of carboxylic acid groups (broad SMARTS) is 3. The van der Waals surface area contributed by atoms with Gasteiger partial charge in [0.05, 0.1) is 29.6 Å². The number of imidazole rings is 1. The molecule has 43 heteroatoms. The predicted molar refractivity (Wildman–Crippen MR) is 514 cm³/mol. The summed E-state index contributed by atoms with van der Waals surface area (Å²) in [7, 11) is 0. The molecule has 0 radical (unpaired) electrons. The highest BCUT2D eigenvalue weighted by Gasteiger charge is 2.37. The van der Waals surface area contributed by atoms with E-state index < -0.39 is 179 Å². The summed E-state index contributed by atoms with van der Waals surface area (Å²) in [4.78, 5) is 228. The van der Waals surface area contributed by atoms with Crippen LogP contribution in [0.1, 0.15) is 140 Å². The Labute approximate surface area is 805 Å². The molecule has 1 aliphatic heterocycles. The van der Waals surface area contributed by atoms with E-state index in [0.717, 1.165) is 18.2 Å². The zero-order valence-electron chi connectivity index (χ0n) is 75.8. The van der Waals surface area contributed by atoms with Gasteiger partial charge >= 0.3 is 17.9 Å². The Kier molecular flexibility index (Phi) is 38.7. The van der Waals surface area contributed by atoms with Crippen LogP contribution >= 0.6 is 12.2 Å². The molecule has 0 saturated carbocycles. The number of aromatic nitrogens is 2. The SMILES string of the molecule is C[C@@H](NC(=O)[C@H](Cc1ccc(O)cc1)NC(=O)[C@@H](NC(=O)c1cc(C(=O)O)cc(C(=O)O)c1)c1ccccc1)C(=O)N[C@@H](CCCCN)C(=O)N[C@@H](Cc1ccc(O)cc1)C(=O)N[C@H](Cc1ccccc1)C(=O)NCC(=O)N[C@H](CCCCN)C(=O)N[C@@H](Cc1cnc[nH]1)C(=O)N[C@@H](CN)C(=O)N[C@@H](CCCCNC(=S)Nc1ccc(-c2c3ccc(=O)cc-3oc3cc(O)ccc23)c(C(=O)O)c1)C(N)=O. The first-order valence-corrected chi connectivity index (χ1v) is 45.0. The lowest BCUT2D eigenvalue weighted by Crippen LogP contribution is -2.60. The summed E-state index contributed by atoms with van der Waals surface area (Å²) in [5.74, 6) is -16.2. The molecular formula is C97H109N19O23S. The Morgan fingerprint density at radius 2 is 0.929 bits per heavy atom. The number of primary amides is 1. The van der Waals surface area contributed by atoms with E-state index in [9.17, 15) is 103 Å². The molecule has 0 saturated heterocycles. The van der Waals surface area contributed by atoms with Gasteiger partial charge in [0.25, 0.3) is 5.91 Å². The molecule has 2 aliphatic rings. The third-order valence-electron chi connectivity index (χ3n) is 22.4. The van der Waals surface area contributed by atoms with Gasteiger partial charge in [0.2, 0.25) is 65.0 Å². The van der Waals surface area contributed by atoms with Crippen molar-refractivity contribution in [2.75, 3.05) is 38.0 Å². The molecule has 0 unspecified atom stereocenters. The van der Waals surface area contributed by atoms with Crippen LogP contribution in [0.15, 0.2) is 204 Å². The van der Waals surface area contributed by atoms with Crippen LogP contribution in [0.4, 0.5) is 5.69 Å². The lowest BCUT2D eigenvalue weighted by molar-refractivity contribution is -0.135. The summed E-state index contributed by atoms with van der Waals surface area (Å²) in [5, 5.41) is 95.7. The molecule has 8 aromatic rings. The van der Waals surface area contributed by atoms with Crippen LogP contribution in [-0.4, -0.2) is 222 Å². The first kappa shape index (κ1) is 106. The molecule has 10 atom stereocenters. The number of unbranched alkanes of at least 4 members (excludes halogenated alkanes) is 3. The smallest absolute Gasteiger partial charge is 0.336 e. The van der Waals surface area contributed by atoms with Crippen molar-refractivity contribution in [3.63, 3.8) is 0 Å². The van der Waals surface area contributed by atoms with Gasteiger partial charge in [0, 0.05) is 90.6 Å². The summed E-state index contributed by atoms with van der Waals surface area (Å²) in [6, 6.07) is 27.6. The molecular weight excluding hydrogens is 1830 g/mol. The number of phenolic OH excluding ortho intramolecular Hbond substituents is 3. The van der Waals surface area contributed by atoms with E-state index >= 15 is 4.79 Å². The monoisotopic (exact) mass is 1940 g/mol. The van der Waals surface area contributed by atoms with Crippen molar-refractivity contribution in [3.05, 3.63) is 255 Å². The van der Waals surface area contributed by atoms with Gasteiger partial charge < -0.3 is 132 Å². The van der Waals surface area contributed by atoms with Crippen LogP contribution in [0.2, 0.25) is 0 Å². The summed E-state index contributed by atoms with van der Waals surface area (Å²) in [6.45, 7) is 0.448. The second-order valence-electron chi connectivity index (χ2n) is 32.9. The zero-order chi connectivity index (χ0) is 101. The zero-order valence-corrected chi connectivity index (χ0v) is 76.6. The van der Waals surface area contributed by atoms with Gasteiger partial charge in [-0.1, -0.05) is 91.0 Å². The van der Waals surface area contributed by atoms with Gasteiger partial charge in [-0.3, -0.25) is 62.3 Å². The highest BCUT2D eigenvalue weighted by atomic mass is 32.1. The van der Waals surface area contributed by atoms with Crippen molar-refractivity contribution in [1.29, 1.82) is 0 Å².